The maximum Gasteiger partial charge on any atom is 0.344 e. The third kappa shape index (κ3) is 4.75. The number of hydrogen-bond acceptors (Lipinski definition) is 8. The maximum absolute atomic E-state index is 12.3. The number of para-hydroxylation sites is 1. The number of thioether (sulfide) groups is 1. The van der Waals surface area contributed by atoms with Gasteiger partial charge in [-0.1, -0.05) is 30.8 Å². The van der Waals surface area contributed by atoms with E-state index in [9.17, 15) is 24.8 Å². The molecule has 0 radical (unpaired) electrons. The van der Waals surface area contributed by atoms with Crippen molar-refractivity contribution in [2.45, 2.75) is 20.3 Å². The number of aliphatic hydroxyl groups is 1. The molecule has 9 nitrogen and oxygen atoms in total. The number of carbonyl (C=O) groups is 2. The zero-order valence-electron chi connectivity index (χ0n) is 16.7. The number of aliphatic imine (C=N–C) groups is 1. The fourth-order valence-corrected chi connectivity index (χ4v) is 3.74. The topological polar surface area (TPSA) is 132 Å². The van der Waals surface area contributed by atoms with Crippen molar-refractivity contribution in [3.63, 3.8) is 0 Å². The van der Waals surface area contributed by atoms with Gasteiger partial charge in [-0.15, -0.1) is 0 Å². The van der Waals surface area contributed by atoms with Gasteiger partial charge in [-0.2, -0.15) is 0 Å². The van der Waals surface area contributed by atoms with Gasteiger partial charge in [0.15, 0.2) is 0 Å². The van der Waals surface area contributed by atoms with E-state index in [1.54, 1.807) is 44.2 Å². The maximum atomic E-state index is 12.3. The average Bonchev–Trinajstić information content (AvgIpc) is 3.33. The van der Waals surface area contributed by atoms with Crippen LogP contribution in [0.25, 0.3) is 17.4 Å². The molecule has 1 aromatic carbocycles. The highest BCUT2D eigenvalue weighted by atomic mass is 32.2. The summed E-state index contributed by atoms with van der Waals surface area (Å²) in [5.74, 6) is -1.07. The fourth-order valence-electron chi connectivity index (χ4n) is 2.73. The number of nitro groups is 1. The Morgan fingerprint density at radius 1 is 1.26 bits per heavy atom. The minimum Gasteiger partial charge on any atom is -0.506 e. The summed E-state index contributed by atoms with van der Waals surface area (Å²) >= 11 is 0.930. The smallest absolute Gasteiger partial charge is 0.344 e. The van der Waals surface area contributed by atoms with Gasteiger partial charge in [0.1, 0.15) is 27.9 Å². The van der Waals surface area contributed by atoms with E-state index in [4.69, 9.17) is 9.15 Å². The lowest BCUT2D eigenvalue weighted by atomic mass is 10.1. The number of esters is 1. The minimum absolute atomic E-state index is 0.0412. The molecule has 0 bridgehead atoms. The van der Waals surface area contributed by atoms with Crippen LogP contribution < -0.4 is 0 Å². The van der Waals surface area contributed by atoms with E-state index in [0.717, 1.165) is 11.8 Å². The van der Waals surface area contributed by atoms with Crippen molar-refractivity contribution in [1.82, 2.24) is 0 Å². The van der Waals surface area contributed by atoms with Gasteiger partial charge < -0.3 is 14.3 Å². The molecule has 1 N–H and O–H groups in total. The Balaban J connectivity index is 1.99. The second-order valence-corrected chi connectivity index (χ2v) is 7.23. The van der Waals surface area contributed by atoms with Crippen molar-refractivity contribution in [3.8, 4) is 11.3 Å². The van der Waals surface area contributed by atoms with Crippen LogP contribution in [-0.4, -0.2) is 33.6 Å². The number of benzene rings is 1. The third-order valence-electron chi connectivity index (χ3n) is 4.17. The molecule has 0 unspecified atom stereocenters. The van der Waals surface area contributed by atoms with Crippen molar-refractivity contribution < 1.29 is 28.8 Å². The van der Waals surface area contributed by atoms with Crippen LogP contribution in [0.5, 0.6) is 0 Å². The lowest BCUT2D eigenvalue weighted by Crippen LogP contribution is -2.14. The molecule has 2 heterocycles. The fraction of sp³-hybridized carbons (Fsp3) is 0.190. The van der Waals surface area contributed by atoms with Crippen molar-refractivity contribution in [2.75, 3.05) is 6.61 Å². The molecule has 1 aromatic heterocycles. The largest absolute Gasteiger partial charge is 0.506 e. The van der Waals surface area contributed by atoms with E-state index >= 15 is 0 Å². The number of nitro benzene ring substituents is 1. The summed E-state index contributed by atoms with van der Waals surface area (Å²) in [5.41, 5.74) is 0.00973. The molecule has 1 aliphatic rings. The van der Waals surface area contributed by atoms with Gasteiger partial charge in [0.2, 0.25) is 5.91 Å². The lowest BCUT2D eigenvalue weighted by Gasteiger charge is -2.02. The standard InChI is InChI=1S/C21H18N2O7S/c1-3-17(24)22-20-18(21(26)29-4-2)19(25)16(31-20)11-12-9-10-15(30-12)13-7-5-6-8-14(13)23(27)28/h5-11,25H,3-4H2,1-2H3/b16-11-,22-20?. The predicted molar refractivity (Wildman–Crippen MR) is 115 cm³/mol. The minimum atomic E-state index is -0.793. The molecule has 0 fully saturated rings. The van der Waals surface area contributed by atoms with Crippen LogP contribution in [0.2, 0.25) is 0 Å². The molecule has 1 amide bonds. The van der Waals surface area contributed by atoms with Gasteiger partial charge >= 0.3 is 5.97 Å². The first kappa shape index (κ1) is 22.0. The molecule has 160 valence electrons. The summed E-state index contributed by atoms with van der Waals surface area (Å²) in [6.45, 7) is 3.34. The van der Waals surface area contributed by atoms with E-state index in [2.05, 4.69) is 4.99 Å². The van der Waals surface area contributed by atoms with Gasteiger partial charge in [0.05, 0.1) is 22.0 Å². The number of carbonyl (C=O) groups excluding carboxylic acids is 2. The summed E-state index contributed by atoms with van der Waals surface area (Å²) in [6.07, 6.45) is 1.59. The van der Waals surface area contributed by atoms with Crippen LogP contribution in [0.15, 0.2) is 62.0 Å². The van der Waals surface area contributed by atoms with E-state index in [1.807, 2.05) is 0 Å². The Hall–Kier alpha value is -3.66. The first-order valence-electron chi connectivity index (χ1n) is 9.31. The van der Waals surface area contributed by atoms with E-state index < -0.39 is 16.8 Å². The van der Waals surface area contributed by atoms with Gasteiger partial charge in [-0.3, -0.25) is 14.9 Å². The number of ether oxygens (including phenoxy) is 1. The van der Waals surface area contributed by atoms with Crippen LogP contribution in [0.3, 0.4) is 0 Å². The van der Waals surface area contributed by atoms with Gasteiger partial charge in [-0.25, -0.2) is 9.79 Å². The Kier molecular flexibility index (Phi) is 6.71. The summed E-state index contributed by atoms with van der Waals surface area (Å²) < 4.78 is 10.7. The molecule has 31 heavy (non-hydrogen) atoms. The molecule has 0 saturated carbocycles. The molecule has 1 aliphatic heterocycles. The molecular weight excluding hydrogens is 424 g/mol. The first-order valence-corrected chi connectivity index (χ1v) is 10.1. The summed E-state index contributed by atoms with van der Waals surface area (Å²) in [7, 11) is 0. The summed E-state index contributed by atoms with van der Waals surface area (Å²) in [6, 6.07) is 9.29. The summed E-state index contributed by atoms with van der Waals surface area (Å²) in [5, 5.41) is 21.9. The molecule has 0 saturated heterocycles. The van der Waals surface area contributed by atoms with E-state index in [-0.39, 0.29) is 51.5 Å². The Morgan fingerprint density at radius 2 is 2.00 bits per heavy atom. The lowest BCUT2D eigenvalue weighted by molar-refractivity contribution is -0.384. The highest BCUT2D eigenvalue weighted by molar-refractivity contribution is 8.18. The van der Waals surface area contributed by atoms with Crippen LogP contribution in [0.4, 0.5) is 5.69 Å². The normalized spacial score (nSPS) is 16.2. The second kappa shape index (κ2) is 9.43. The number of amides is 1. The number of aliphatic hydroxyl groups excluding tert-OH is 1. The van der Waals surface area contributed by atoms with Gasteiger partial charge in [0, 0.05) is 12.5 Å². The molecule has 3 rings (SSSR count). The van der Waals surface area contributed by atoms with Crippen molar-refractivity contribution in [3.05, 3.63) is 68.5 Å². The Bertz CT molecular complexity index is 1140. The second-order valence-electron chi connectivity index (χ2n) is 6.20. The predicted octanol–water partition coefficient (Wildman–Crippen LogP) is 4.65. The molecule has 0 aliphatic carbocycles. The molecule has 2 aromatic rings. The Labute approximate surface area is 181 Å². The summed E-state index contributed by atoms with van der Waals surface area (Å²) in [4.78, 5) is 38.9. The molecule has 0 spiro atoms. The highest BCUT2D eigenvalue weighted by Crippen LogP contribution is 2.40. The SMILES string of the molecule is CCOC(=O)C1=C(O)/C(=C/c2ccc(-c3ccccc3[N+](=O)[O-])o2)SC1=NC(=O)CC. The van der Waals surface area contributed by atoms with Crippen LogP contribution in [0, 0.1) is 10.1 Å². The van der Waals surface area contributed by atoms with Crippen molar-refractivity contribution in [2.24, 2.45) is 4.99 Å². The number of furan rings is 1. The number of nitrogens with zero attached hydrogens (tertiary/aromatic N) is 2. The van der Waals surface area contributed by atoms with E-state index in [1.165, 1.54) is 12.1 Å². The van der Waals surface area contributed by atoms with Crippen molar-refractivity contribution in [1.29, 1.82) is 0 Å². The molecule has 10 heteroatoms. The van der Waals surface area contributed by atoms with Crippen LogP contribution >= 0.6 is 11.8 Å². The quantitative estimate of drug-likeness (QED) is 0.388. The molecular formula is C21H18N2O7S. The first-order chi connectivity index (χ1) is 14.8. The number of rotatable bonds is 6. The van der Waals surface area contributed by atoms with Crippen molar-refractivity contribution >= 4 is 40.4 Å². The zero-order valence-corrected chi connectivity index (χ0v) is 17.5. The van der Waals surface area contributed by atoms with Gasteiger partial charge in [0.25, 0.3) is 5.69 Å². The number of hydrogen-bond donors (Lipinski definition) is 1. The zero-order chi connectivity index (χ0) is 22.5. The highest BCUT2D eigenvalue weighted by Gasteiger charge is 2.34. The Morgan fingerprint density at radius 3 is 2.68 bits per heavy atom. The molecule has 0 atom stereocenters. The van der Waals surface area contributed by atoms with Crippen LogP contribution in [0.1, 0.15) is 26.0 Å². The third-order valence-corrected chi connectivity index (χ3v) is 5.19. The van der Waals surface area contributed by atoms with E-state index in [0.29, 0.717) is 5.56 Å². The van der Waals surface area contributed by atoms with Gasteiger partial charge in [-0.05, 0) is 31.2 Å². The average molecular weight is 442 g/mol. The van der Waals surface area contributed by atoms with Crippen LogP contribution in [-0.2, 0) is 14.3 Å². The monoisotopic (exact) mass is 442 g/mol.